The number of rotatable bonds is 7. The molecule has 0 spiro atoms. The molecular weight excluding hydrogens is 339 g/mol. The van der Waals surface area contributed by atoms with Gasteiger partial charge in [-0.25, -0.2) is 4.39 Å². The van der Waals surface area contributed by atoms with Crippen LogP contribution in [0.2, 0.25) is 0 Å². The van der Waals surface area contributed by atoms with Crippen molar-refractivity contribution in [2.75, 3.05) is 26.4 Å². The van der Waals surface area contributed by atoms with Crippen molar-refractivity contribution in [2.45, 2.75) is 38.2 Å². The van der Waals surface area contributed by atoms with Gasteiger partial charge in [0.1, 0.15) is 11.9 Å². The minimum absolute atomic E-state index is 0.0166. The molecule has 7 heteroatoms. The van der Waals surface area contributed by atoms with Gasteiger partial charge in [-0.3, -0.25) is 4.79 Å². The van der Waals surface area contributed by atoms with Gasteiger partial charge >= 0.3 is 0 Å². The summed E-state index contributed by atoms with van der Waals surface area (Å²) in [6.07, 6.45) is 2.68. The number of nitrogens with zero attached hydrogens (tertiary/aromatic N) is 1. The van der Waals surface area contributed by atoms with Crippen LogP contribution in [0.15, 0.2) is 29.4 Å². The SMILES string of the molecule is O=C(NCCCO)C1(C[C@@H]2CC(c3cccc(F)c3)=NO2)CCOCC1. The van der Waals surface area contributed by atoms with E-state index in [9.17, 15) is 9.18 Å². The lowest BCUT2D eigenvalue weighted by molar-refractivity contribution is -0.140. The van der Waals surface area contributed by atoms with Crippen molar-refractivity contribution in [2.24, 2.45) is 10.6 Å². The maximum Gasteiger partial charge on any atom is 0.226 e. The van der Waals surface area contributed by atoms with E-state index in [1.165, 1.54) is 12.1 Å². The Bertz CT molecular complexity index is 659. The zero-order chi connectivity index (χ0) is 18.4. The molecule has 0 aliphatic carbocycles. The Morgan fingerprint density at radius 2 is 2.19 bits per heavy atom. The van der Waals surface area contributed by atoms with Gasteiger partial charge in [-0.1, -0.05) is 17.3 Å². The van der Waals surface area contributed by atoms with E-state index >= 15 is 0 Å². The second kappa shape index (κ2) is 8.60. The van der Waals surface area contributed by atoms with Gasteiger partial charge < -0.3 is 20.0 Å². The van der Waals surface area contributed by atoms with Gasteiger partial charge in [-0.05, 0) is 31.4 Å². The van der Waals surface area contributed by atoms with Crippen LogP contribution >= 0.6 is 0 Å². The van der Waals surface area contributed by atoms with Crippen LogP contribution in [-0.4, -0.2) is 49.2 Å². The van der Waals surface area contributed by atoms with Crippen molar-refractivity contribution in [3.63, 3.8) is 0 Å². The molecule has 6 nitrogen and oxygen atoms in total. The molecule has 3 rings (SSSR count). The summed E-state index contributed by atoms with van der Waals surface area (Å²) in [5.74, 6) is -0.324. The third-order valence-corrected chi connectivity index (χ3v) is 5.06. The fourth-order valence-corrected chi connectivity index (χ4v) is 3.57. The van der Waals surface area contributed by atoms with E-state index in [0.717, 1.165) is 0 Å². The third-order valence-electron chi connectivity index (χ3n) is 5.06. The Balaban J connectivity index is 1.64. The molecule has 1 fully saturated rings. The molecule has 2 aliphatic heterocycles. The predicted molar refractivity (Wildman–Crippen MR) is 94.2 cm³/mol. The number of aliphatic hydroxyl groups is 1. The molecular formula is C19H25FN2O4. The molecule has 0 bridgehead atoms. The maximum absolute atomic E-state index is 13.4. The lowest BCUT2D eigenvalue weighted by Gasteiger charge is -2.36. The normalized spacial score (nSPS) is 21.8. The molecule has 0 radical (unpaired) electrons. The monoisotopic (exact) mass is 364 g/mol. The first-order chi connectivity index (χ1) is 12.6. The van der Waals surface area contributed by atoms with E-state index in [4.69, 9.17) is 14.7 Å². The van der Waals surface area contributed by atoms with E-state index in [0.29, 0.717) is 63.1 Å². The first-order valence-electron chi connectivity index (χ1n) is 9.08. The highest BCUT2D eigenvalue weighted by molar-refractivity contribution is 6.01. The number of hydrogen-bond acceptors (Lipinski definition) is 5. The average Bonchev–Trinajstić information content (AvgIpc) is 3.11. The fraction of sp³-hybridized carbons (Fsp3) is 0.579. The molecule has 1 amide bonds. The molecule has 1 aromatic carbocycles. The van der Waals surface area contributed by atoms with E-state index in [1.807, 2.05) is 0 Å². The molecule has 0 aromatic heterocycles. The number of hydrogen-bond donors (Lipinski definition) is 2. The van der Waals surface area contributed by atoms with Gasteiger partial charge in [0.15, 0.2) is 0 Å². The van der Waals surface area contributed by atoms with Crippen molar-refractivity contribution in [1.29, 1.82) is 0 Å². The van der Waals surface area contributed by atoms with Gasteiger partial charge in [0.25, 0.3) is 0 Å². The fourth-order valence-electron chi connectivity index (χ4n) is 3.57. The van der Waals surface area contributed by atoms with E-state index in [1.54, 1.807) is 12.1 Å². The van der Waals surface area contributed by atoms with Crippen molar-refractivity contribution in [3.05, 3.63) is 35.6 Å². The smallest absolute Gasteiger partial charge is 0.226 e. The van der Waals surface area contributed by atoms with Crippen molar-refractivity contribution < 1.29 is 23.9 Å². The van der Waals surface area contributed by atoms with Crippen LogP contribution in [-0.2, 0) is 14.4 Å². The number of carbonyl (C=O) groups is 1. The Labute approximate surface area is 152 Å². The van der Waals surface area contributed by atoms with E-state index < -0.39 is 5.41 Å². The van der Waals surface area contributed by atoms with Crippen LogP contribution < -0.4 is 5.32 Å². The largest absolute Gasteiger partial charge is 0.396 e. The summed E-state index contributed by atoms with van der Waals surface area (Å²) in [7, 11) is 0. The van der Waals surface area contributed by atoms with E-state index in [-0.39, 0.29) is 24.4 Å². The van der Waals surface area contributed by atoms with Crippen LogP contribution in [0.1, 0.15) is 37.7 Å². The highest BCUT2D eigenvalue weighted by atomic mass is 19.1. The first kappa shape index (κ1) is 18.8. The van der Waals surface area contributed by atoms with Crippen LogP contribution in [0.25, 0.3) is 0 Å². The van der Waals surface area contributed by atoms with Gasteiger partial charge in [0, 0.05) is 44.8 Å². The highest BCUT2D eigenvalue weighted by Gasteiger charge is 2.43. The highest BCUT2D eigenvalue weighted by Crippen LogP contribution is 2.38. The predicted octanol–water partition coefficient (Wildman–Crippen LogP) is 2.00. The summed E-state index contributed by atoms with van der Waals surface area (Å²) in [5.41, 5.74) is 0.865. The lowest BCUT2D eigenvalue weighted by atomic mass is 9.74. The van der Waals surface area contributed by atoms with Crippen molar-refractivity contribution in [1.82, 2.24) is 5.32 Å². The second-order valence-electron chi connectivity index (χ2n) is 6.91. The molecule has 1 atom stereocenters. The quantitative estimate of drug-likeness (QED) is 0.726. The molecule has 2 aliphatic rings. The Kier molecular flexibility index (Phi) is 6.21. The van der Waals surface area contributed by atoms with Crippen molar-refractivity contribution in [3.8, 4) is 0 Å². The van der Waals surface area contributed by atoms with Crippen molar-refractivity contribution >= 4 is 11.6 Å². The standard InChI is InChI=1S/C19H25FN2O4/c20-15-4-1-3-14(11-15)17-12-16(26-22-17)13-19(5-9-25-10-6-19)18(24)21-7-2-8-23/h1,3-4,11,16,23H,2,5-10,12-13H2,(H,21,24)/t16-/m0/s1. The minimum Gasteiger partial charge on any atom is -0.396 e. The van der Waals surface area contributed by atoms with Crippen LogP contribution in [0.5, 0.6) is 0 Å². The topological polar surface area (TPSA) is 80.2 Å². The molecule has 0 unspecified atom stereocenters. The zero-order valence-corrected chi connectivity index (χ0v) is 14.7. The average molecular weight is 364 g/mol. The number of aliphatic hydroxyl groups excluding tert-OH is 1. The van der Waals surface area contributed by atoms with Gasteiger partial charge in [-0.15, -0.1) is 0 Å². The Morgan fingerprint density at radius 1 is 1.38 bits per heavy atom. The second-order valence-corrected chi connectivity index (χ2v) is 6.91. The first-order valence-corrected chi connectivity index (χ1v) is 9.08. The summed E-state index contributed by atoms with van der Waals surface area (Å²) in [4.78, 5) is 18.4. The summed E-state index contributed by atoms with van der Waals surface area (Å²) < 4.78 is 18.9. The summed E-state index contributed by atoms with van der Waals surface area (Å²) >= 11 is 0. The minimum atomic E-state index is -0.550. The third kappa shape index (κ3) is 4.40. The molecule has 1 saturated heterocycles. The van der Waals surface area contributed by atoms with Gasteiger partial charge in [0.05, 0.1) is 11.1 Å². The zero-order valence-electron chi connectivity index (χ0n) is 14.7. The molecule has 142 valence electrons. The number of nitrogens with one attached hydrogen (secondary N) is 1. The number of amides is 1. The maximum atomic E-state index is 13.4. The summed E-state index contributed by atoms with van der Waals surface area (Å²) in [6, 6.07) is 6.29. The van der Waals surface area contributed by atoms with E-state index in [2.05, 4.69) is 10.5 Å². The Morgan fingerprint density at radius 3 is 2.92 bits per heavy atom. The number of carbonyl (C=O) groups excluding carboxylic acids is 1. The molecule has 26 heavy (non-hydrogen) atoms. The van der Waals surface area contributed by atoms with Crippen LogP contribution in [0, 0.1) is 11.2 Å². The Hall–Kier alpha value is -1.99. The lowest BCUT2D eigenvalue weighted by Crippen LogP contribution is -2.47. The number of benzene rings is 1. The number of ether oxygens (including phenoxy) is 1. The molecule has 2 heterocycles. The number of oxime groups is 1. The summed E-state index contributed by atoms with van der Waals surface area (Å²) in [6.45, 7) is 1.58. The van der Waals surface area contributed by atoms with Gasteiger partial charge in [-0.2, -0.15) is 0 Å². The molecule has 0 saturated carbocycles. The molecule has 1 aromatic rings. The molecule has 2 N–H and O–H groups in total. The van der Waals surface area contributed by atoms with Crippen LogP contribution in [0.3, 0.4) is 0 Å². The number of halogens is 1. The van der Waals surface area contributed by atoms with Gasteiger partial charge in [0.2, 0.25) is 5.91 Å². The summed E-state index contributed by atoms with van der Waals surface area (Å²) in [5, 5.41) is 15.9. The van der Waals surface area contributed by atoms with Crippen LogP contribution in [0.4, 0.5) is 4.39 Å².